The van der Waals surface area contributed by atoms with E-state index in [4.69, 9.17) is 4.74 Å². The van der Waals surface area contributed by atoms with Gasteiger partial charge in [0, 0.05) is 38.0 Å². The van der Waals surface area contributed by atoms with Crippen LogP contribution in [0.2, 0.25) is 0 Å². The lowest BCUT2D eigenvalue weighted by atomic mass is 9.93. The summed E-state index contributed by atoms with van der Waals surface area (Å²) < 4.78 is 5.57. The summed E-state index contributed by atoms with van der Waals surface area (Å²) in [5.41, 5.74) is 2.67. The molecule has 1 saturated carbocycles. The molecule has 1 aromatic carbocycles. The number of benzene rings is 1. The van der Waals surface area contributed by atoms with Crippen molar-refractivity contribution in [1.82, 2.24) is 10.2 Å². The molecule has 0 unspecified atom stereocenters. The Morgan fingerprint density at radius 3 is 3.00 bits per heavy atom. The molecule has 1 saturated heterocycles. The van der Waals surface area contributed by atoms with Gasteiger partial charge in [-0.3, -0.25) is 4.79 Å². The van der Waals surface area contributed by atoms with Gasteiger partial charge in [-0.1, -0.05) is 19.1 Å². The predicted molar refractivity (Wildman–Crippen MR) is 89.4 cm³/mol. The van der Waals surface area contributed by atoms with Gasteiger partial charge < -0.3 is 15.0 Å². The van der Waals surface area contributed by atoms with E-state index in [1.54, 1.807) is 0 Å². The highest BCUT2D eigenvalue weighted by Crippen LogP contribution is 2.32. The Kier molecular flexibility index (Phi) is 4.02. The maximum absolute atomic E-state index is 12.2. The standard InChI is InChI=1S/C19H26N2O2/c1-13-12-21(19(22)15-3-4-15)8-6-17(13)20-11-14-2-5-18-16(10-14)7-9-23-18/h2,5,10,13,15,17,20H,3-4,6-9,11-12H2,1H3/t13-,17-/m1/s1. The molecule has 3 aliphatic rings. The van der Waals surface area contributed by atoms with E-state index < -0.39 is 0 Å². The fraction of sp³-hybridized carbons (Fsp3) is 0.632. The van der Waals surface area contributed by atoms with Crippen molar-refractivity contribution in [3.63, 3.8) is 0 Å². The summed E-state index contributed by atoms with van der Waals surface area (Å²) in [7, 11) is 0. The molecule has 2 heterocycles. The predicted octanol–water partition coefficient (Wildman–Crippen LogP) is 2.36. The number of carbonyl (C=O) groups is 1. The van der Waals surface area contributed by atoms with E-state index in [1.807, 2.05) is 0 Å². The molecule has 1 amide bonds. The average Bonchev–Trinajstić information content (AvgIpc) is 3.30. The molecular weight excluding hydrogens is 288 g/mol. The molecule has 1 N–H and O–H groups in total. The average molecular weight is 314 g/mol. The highest BCUT2D eigenvalue weighted by molar-refractivity contribution is 5.81. The Morgan fingerprint density at radius 1 is 1.35 bits per heavy atom. The maximum atomic E-state index is 12.2. The molecule has 2 atom stereocenters. The second-order valence-corrected chi connectivity index (χ2v) is 7.35. The van der Waals surface area contributed by atoms with Crippen LogP contribution in [0.1, 0.15) is 37.3 Å². The van der Waals surface area contributed by atoms with Crippen LogP contribution < -0.4 is 10.1 Å². The summed E-state index contributed by atoms with van der Waals surface area (Å²) >= 11 is 0. The van der Waals surface area contributed by atoms with Crippen LogP contribution in [0.25, 0.3) is 0 Å². The lowest BCUT2D eigenvalue weighted by Gasteiger charge is -2.37. The van der Waals surface area contributed by atoms with Crippen LogP contribution in [-0.2, 0) is 17.8 Å². The van der Waals surface area contributed by atoms with Gasteiger partial charge in [-0.25, -0.2) is 0 Å². The third-order valence-electron chi connectivity index (χ3n) is 5.47. The van der Waals surface area contributed by atoms with Crippen LogP contribution in [-0.4, -0.2) is 36.5 Å². The van der Waals surface area contributed by atoms with Gasteiger partial charge in [-0.15, -0.1) is 0 Å². The second-order valence-electron chi connectivity index (χ2n) is 7.35. The molecule has 1 aromatic rings. The molecule has 2 fully saturated rings. The molecule has 0 aromatic heterocycles. The number of rotatable bonds is 4. The first-order valence-electron chi connectivity index (χ1n) is 8.97. The molecular formula is C19H26N2O2. The quantitative estimate of drug-likeness (QED) is 0.927. The number of carbonyl (C=O) groups excluding carboxylic acids is 1. The normalized spacial score (nSPS) is 26.7. The van der Waals surface area contributed by atoms with Gasteiger partial charge in [-0.2, -0.15) is 0 Å². The molecule has 0 spiro atoms. The van der Waals surface area contributed by atoms with Crippen LogP contribution in [0.5, 0.6) is 5.75 Å². The van der Waals surface area contributed by atoms with Crippen LogP contribution in [0.4, 0.5) is 0 Å². The van der Waals surface area contributed by atoms with Crippen LogP contribution in [0, 0.1) is 11.8 Å². The third-order valence-corrected chi connectivity index (χ3v) is 5.47. The van der Waals surface area contributed by atoms with Crippen molar-refractivity contribution in [2.45, 2.75) is 45.2 Å². The molecule has 0 bridgehead atoms. The van der Waals surface area contributed by atoms with Crippen LogP contribution in [0.15, 0.2) is 18.2 Å². The largest absolute Gasteiger partial charge is 0.493 e. The molecule has 23 heavy (non-hydrogen) atoms. The van der Waals surface area contributed by atoms with E-state index in [1.165, 1.54) is 11.1 Å². The Morgan fingerprint density at radius 2 is 2.22 bits per heavy atom. The monoisotopic (exact) mass is 314 g/mol. The summed E-state index contributed by atoms with van der Waals surface area (Å²) in [6, 6.07) is 7.03. The number of likely N-dealkylation sites (tertiary alicyclic amines) is 1. The van der Waals surface area contributed by atoms with Crippen molar-refractivity contribution in [2.75, 3.05) is 19.7 Å². The summed E-state index contributed by atoms with van der Waals surface area (Å²) in [6.07, 6.45) is 4.30. The smallest absolute Gasteiger partial charge is 0.225 e. The number of amides is 1. The molecule has 4 rings (SSSR count). The van der Waals surface area contributed by atoms with Gasteiger partial charge in [-0.05, 0) is 42.4 Å². The molecule has 4 nitrogen and oxygen atoms in total. The molecule has 0 radical (unpaired) electrons. The zero-order chi connectivity index (χ0) is 15.8. The number of fused-ring (bicyclic) bond motifs is 1. The SMILES string of the molecule is C[C@@H]1CN(C(=O)C2CC2)CC[C@H]1NCc1ccc2c(c1)CCO2. The minimum atomic E-state index is 0.348. The number of ether oxygens (including phenoxy) is 1. The Balaban J connectivity index is 1.30. The van der Waals surface area contributed by atoms with Crippen molar-refractivity contribution < 1.29 is 9.53 Å². The molecule has 124 valence electrons. The number of piperidine rings is 1. The summed E-state index contributed by atoms with van der Waals surface area (Å²) in [5, 5.41) is 3.70. The van der Waals surface area contributed by atoms with E-state index in [9.17, 15) is 4.79 Å². The first kappa shape index (κ1) is 15.0. The lowest BCUT2D eigenvalue weighted by molar-refractivity contribution is -0.134. The topological polar surface area (TPSA) is 41.6 Å². The van der Waals surface area contributed by atoms with E-state index >= 15 is 0 Å². The number of nitrogens with one attached hydrogen (secondary N) is 1. The van der Waals surface area contributed by atoms with E-state index in [0.717, 1.165) is 57.7 Å². The van der Waals surface area contributed by atoms with Crippen LogP contribution >= 0.6 is 0 Å². The second kappa shape index (κ2) is 6.16. The first-order chi connectivity index (χ1) is 11.2. The van der Waals surface area contributed by atoms with Gasteiger partial charge in [0.15, 0.2) is 0 Å². The molecule has 2 aliphatic heterocycles. The van der Waals surface area contributed by atoms with Gasteiger partial charge in [0.1, 0.15) is 5.75 Å². The van der Waals surface area contributed by atoms with Gasteiger partial charge in [0.2, 0.25) is 5.91 Å². The highest BCUT2D eigenvalue weighted by atomic mass is 16.5. The lowest BCUT2D eigenvalue weighted by Crippen LogP contribution is -2.50. The number of hydrogen-bond acceptors (Lipinski definition) is 3. The van der Waals surface area contributed by atoms with Crippen molar-refractivity contribution in [3.8, 4) is 5.75 Å². The van der Waals surface area contributed by atoms with Crippen molar-refractivity contribution in [1.29, 1.82) is 0 Å². The Labute approximate surface area is 138 Å². The van der Waals surface area contributed by atoms with Crippen molar-refractivity contribution >= 4 is 5.91 Å². The molecule has 4 heteroatoms. The van der Waals surface area contributed by atoms with E-state index in [0.29, 0.717) is 23.8 Å². The zero-order valence-electron chi connectivity index (χ0n) is 13.9. The number of nitrogens with zero attached hydrogens (tertiary/aromatic N) is 1. The van der Waals surface area contributed by atoms with E-state index in [2.05, 4.69) is 35.3 Å². The summed E-state index contributed by atoms with van der Waals surface area (Å²) in [4.78, 5) is 14.3. The number of hydrogen-bond donors (Lipinski definition) is 1. The Hall–Kier alpha value is -1.55. The summed E-state index contributed by atoms with van der Waals surface area (Å²) in [6.45, 7) is 5.80. The minimum absolute atomic E-state index is 0.348. The van der Waals surface area contributed by atoms with Gasteiger partial charge in [0.05, 0.1) is 6.61 Å². The first-order valence-corrected chi connectivity index (χ1v) is 8.97. The van der Waals surface area contributed by atoms with Gasteiger partial charge in [0.25, 0.3) is 0 Å². The highest BCUT2D eigenvalue weighted by Gasteiger charge is 2.36. The van der Waals surface area contributed by atoms with Gasteiger partial charge >= 0.3 is 0 Å². The van der Waals surface area contributed by atoms with E-state index in [-0.39, 0.29) is 0 Å². The maximum Gasteiger partial charge on any atom is 0.225 e. The zero-order valence-corrected chi connectivity index (χ0v) is 13.9. The fourth-order valence-corrected chi connectivity index (χ4v) is 3.84. The van der Waals surface area contributed by atoms with Crippen molar-refractivity contribution in [2.24, 2.45) is 11.8 Å². The van der Waals surface area contributed by atoms with Crippen molar-refractivity contribution in [3.05, 3.63) is 29.3 Å². The fourth-order valence-electron chi connectivity index (χ4n) is 3.84. The minimum Gasteiger partial charge on any atom is -0.493 e. The van der Waals surface area contributed by atoms with Crippen LogP contribution in [0.3, 0.4) is 0 Å². The Bertz CT molecular complexity index is 597. The molecule has 1 aliphatic carbocycles. The third kappa shape index (κ3) is 3.23. The summed E-state index contributed by atoms with van der Waals surface area (Å²) in [5.74, 6) is 2.31.